The van der Waals surface area contributed by atoms with Crippen LogP contribution in [0.15, 0.2) is 0 Å². The molecular formula is C16H28F2N4O2. The Labute approximate surface area is 142 Å². The molecule has 1 aliphatic heterocycles. The van der Waals surface area contributed by atoms with E-state index in [9.17, 15) is 18.4 Å². The average Bonchev–Trinajstić information content (AvgIpc) is 2.52. The first-order valence-corrected chi connectivity index (χ1v) is 8.75. The number of carbonyl (C=O) groups excluding carboxylic acids is 2. The summed E-state index contributed by atoms with van der Waals surface area (Å²) in [6.45, 7) is 8.45. The topological polar surface area (TPSA) is 55.9 Å². The van der Waals surface area contributed by atoms with E-state index < -0.39 is 5.92 Å². The Morgan fingerprint density at radius 1 is 1.12 bits per heavy atom. The molecule has 0 bridgehead atoms. The minimum atomic E-state index is -2.54. The number of halogens is 2. The summed E-state index contributed by atoms with van der Waals surface area (Å²) in [4.78, 5) is 29.7. The van der Waals surface area contributed by atoms with Crippen LogP contribution in [0.5, 0.6) is 0 Å². The van der Waals surface area contributed by atoms with Gasteiger partial charge >= 0.3 is 6.03 Å². The molecule has 0 aromatic rings. The number of amides is 3. The Hall–Kier alpha value is -1.44. The minimum absolute atomic E-state index is 0.114. The predicted molar refractivity (Wildman–Crippen MR) is 87.0 cm³/mol. The molecule has 0 unspecified atom stereocenters. The fourth-order valence-electron chi connectivity index (χ4n) is 3.25. The molecule has 6 nitrogen and oxygen atoms in total. The number of hydrogen-bond donors (Lipinski definition) is 1. The van der Waals surface area contributed by atoms with Gasteiger partial charge in [-0.2, -0.15) is 0 Å². The molecule has 0 atom stereocenters. The smallest absolute Gasteiger partial charge is 0.317 e. The van der Waals surface area contributed by atoms with Gasteiger partial charge in [-0.3, -0.25) is 9.69 Å². The van der Waals surface area contributed by atoms with Gasteiger partial charge in [-0.1, -0.05) is 0 Å². The SMILES string of the molecule is CCN(CC)C(=O)CN1CCN(C(=O)NCC2CC(F)(F)C2)CC1. The fourth-order valence-corrected chi connectivity index (χ4v) is 3.25. The van der Waals surface area contributed by atoms with E-state index in [1.54, 1.807) is 9.80 Å². The number of alkyl halides is 2. The Balaban J connectivity index is 1.65. The number of likely N-dealkylation sites (N-methyl/N-ethyl adjacent to an activating group) is 1. The monoisotopic (exact) mass is 346 g/mol. The summed E-state index contributed by atoms with van der Waals surface area (Å²) in [7, 11) is 0. The first kappa shape index (κ1) is 18.9. The number of urea groups is 1. The molecule has 0 radical (unpaired) electrons. The molecule has 2 fully saturated rings. The van der Waals surface area contributed by atoms with Gasteiger partial charge in [0.2, 0.25) is 11.8 Å². The van der Waals surface area contributed by atoms with E-state index in [2.05, 4.69) is 10.2 Å². The molecule has 2 rings (SSSR count). The van der Waals surface area contributed by atoms with Crippen molar-refractivity contribution in [2.24, 2.45) is 5.92 Å². The lowest BCUT2D eigenvalue weighted by molar-refractivity contribution is -0.132. The third kappa shape index (κ3) is 5.03. The van der Waals surface area contributed by atoms with Crippen LogP contribution in [0.1, 0.15) is 26.7 Å². The highest BCUT2D eigenvalue weighted by molar-refractivity contribution is 5.78. The second kappa shape index (κ2) is 8.09. The van der Waals surface area contributed by atoms with E-state index in [4.69, 9.17) is 0 Å². The molecule has 1 heterocycles. The van der Waals surface area contributed by atoms with Gasteiger partial charge in [0.05, 0.1) is 6.54 Å². The van der Waals surface area contributed by atoms with Crippen LogP contribution in [0.3, 0.4) is 0 Å². The van der Waals surface area contributed by atoms with Crippen LogP contribution in [0.25, 0.3) is 0 Å². The van der Waals surface area contributed by atoms with Crippen LogP contribution in [0.2, 0.25) is 0 Å². The first-order valence-electron chi connectivity index (χ1n) is 8.75. The molecule has 1 saturated heterocycles. The number of rotatable bonds is 6. The number of carbonyl (C=O) groups is 2. The molecule has 2 aliphatic rings. The van der Waals surface area contributed by atoms with Crippen molar-refractivity contribution in [3.63, 3.8) is 0 Å². The van der Waals surface area contributed by atoms with Crippen molar-refractivity contribution in [3.8, 4) is 0 Å². The highest BCUT2D eigenvalue weighted by Gasteiger charge is 2.45. The number of piperazine rings is 1. The van der Waals surface area contributed by atoms with E-state index in [0.717, 1.165) is 0 Å². The van der Waals surface area contributed by atoms with E-state index in [-0.39, 0.29) is 30.7 Å². The van der Waals surface area contributed by atoms with Gasteiger partial charge in [-0.25, -0.2) is 13.6 Å². The van der Waals surface area contributed by atoms with Crippen molar-refractivity contribution < 1.29 is 18.4 Å². The Morgan fingerprint density at radius 3 is 2.21 bits per heavy atom. The molecule has 1 N–H and O–H groups in total. The zero-order valence-electron chi connectivity index (χ0n) is 14.6. The summed E-state index contributed by atoms with van der Waals surface area (Å²) in [5.74, 6) is -2.54. The lowest BCUT2D eigenvalue weighted by Gasteiger charge is -2.37. The Bertz CT molecular complexity index is 441. The van der Waals surface area contributed by atoms with E-state index in [0.29, 0.717) is 52.4 Å². The van der Waals surface area contributed by atoms with Crippen molar-refractivity contribution in [2.75, 3.05) is 52.4 Å². The van der Waals surface area contributed by atoms with Gasteiger partial charge in [0.15, 0.2) is 0 Å². The maximum atomic E-state index is 12.8. The van der Waals surface area contributed by atoms with Crippen molar-refractivity contribution in [3.05, 3.63) is 0 Å². The summed E-state index contributed by atoms with van der Waals surface area (Å²) in [5, 5.41) is 2.74. The molecule has 8 heteroatoms. The zero-order chi connectivity index (χ0) is 17.7. The van der Waals surface area contributed by atoms with Crippen molar-refractivity contribution in [1.82, 2.24) is 20.0 Å². The zero-order valence-corrected chi connectivity index (χ0v) is 14.6. The summed E-state index contributed by atoms with van der Waals surface area (Å²) in [5.41, 5.74) is 0. The van der Waals surface area contributed by atoms with Crippen molar-refractivity contribution in [1.29, 1.82) is 0 Å². The largest absolute Gasteiger partial charge is 0.342 e. The van der Waals surface area contributed by atoms with Gasteiger partial charge in [-0.15, -0.1) is 0 Å². The summed E-state index contributed by atoms with van der Waals surface area (Å²) >= 11 is 0. The second-order valence-corrected chi connectivity index (χ2v) is 6.65. The normalized spacial score (nSPS) is 21.2. The highest BCUT2D eigenvalue weighted by Crippen LogP contribution is 2.41. The van der Waals surface area contributed by atoms with Gasteiger partial charge in [0.25, 0.3) is 0 Å². The van der Waals surface area contributed by atoms with Gasteiger partial charge in [-0.05, 0) is 19.8 Å². The standard InChI is InChI=1S/C16H28F2N4O2/c1-3-21(4-2)14(23)12-20-5-7-22(8-6-20)15(24)19-11-13-9-16(17,18)10-13/h13H,3-12H2,1-2H3,(H,19,24). The quantitative estimate of drug-likeness (QED) is 0.787. The van der Waals surface area contributed by atoms with Crippen LogP contribution in [-0.4, -0.2) is 84.9 Å². The average molecular weight is 346 g/mol. The molecule has 138 valence electrons. The molecule has 1 aliphatic carbocycles. The summed E-state index contributed by atoms with van der Waals surface area (Å²) in [6, 6.07) is -0.195. The van der Waals surface area contributed by atoms with E-state index >= 15 is 0 Å². The van der Waals surface area contributed by atoms with E-state index in [1.165, 1.54) is 0 Å². The maximum Gasteiger partial charge on any atom is 0.317 e. The molecule has 0 spiro atoms. The van der Waals surface area contributed by atoms with Crippen LogP contribution >= 0.6 is 0 Å². The Kier molecular flexibility index (Phi) is 6.37. The van der Waals surface area contributed by atoms with Gasteiger partial charge < -0.3 is 15.1 Å². The number of hydrogen-bond acceptors (Lipinski definition) is 3. The highest BCUT2D eigenvalue weighted by atomic mass is 19.3. The maximum absolute atomic E-state index is 12.8. The molecule has 0 aromatic heterocycles. The molecule has 3 amide bonds. The molecule has 1 saturated carbocycles. The summed E-state index contributed by atoms with van der Waals surface area (Å²) < 4.78 is 25.5. The van der Waals surface area contributed by atoms with Crippen LogP contribution in [-0.2, 0) is 4.79 Å². The number of nitrogens with one attached hydrogen (secondary N) is 1. The summed E-state index contributed by atoms with van der Waals surface area (Å²) in [6.07, 6.45) is -0.261. The lowest BCUT2D eigenvalue weighted by Crippen LogP contribution is -2.54. The number of nitrogens with zero attached hydrogens (tertiary/aromatic N) is 3. The van der Waals surface area contributed by atoms with Crippen LogP contribution in [0, 0.1) is 5.92 Å². The lowest BCUT2D eigenvalue weighted by atomic mass is 9.81. The van der Waals surface area contributed by atoms with E-state index in [1.807, 2.05) is 13.8 Å². The first-order chi connectivity index (χ1) is 11.3. The van der Waals surface area contributed by atoms with Gasteiger partial charge in [0, 0.05) is 58.7 Å². The van der Waals surface area contributed by atoms with Crippen LogP contribution < -0.4 is 5.32 Å². The second-order valence-electron chi connectivity index (χ2n) is 6.65. The molecule has 24 heavy (non-hydrogen) atoms. The minimum Gasteiger partial charge on any atom is -0.342 e. The van der Waals surface area contributed by atoms with Crippen molar-refractivity contribution in [2.45, 2.75) is 32.6 Å². The fraction of sp³-hybridized carbons (Fsp3) is 0.875. The van der Waals surface area contributed by atoms with Gasteiger partial charge in [0.1, 0.15) is 0 Å². The van der Waals surface area contributed by atoms with Crippen LogP contribution in [0.4, 0.5) is 13.6 Å². The molecule has 0 aromatic carbocycles. The third-order valence-corrected chi connectivity index (χ3v) is 4.85. The third-order valence-electron chi connectivity index (χ3n) is 4.85. The predicted octanol–water partition coefficient (Wildman–Crippen LogP) is 1.23. The van der Waals surface area contributed by atoms with Crippen molar-refractivity contribution >= 4 is 11.9 Å². The molecular weight excluding hydrogens is 318 g/mol. The Morgan fingerprint density at radius 2 is 1.71 bits per heavy atom.